The Bertz CT molecular complexity index is 490. The largest absolute Gasteiger partial charge is 0.497 e. The molecule has 0 amide bonds. The van der Waals surface area contributed by atoms with Gasteiger partial charge in [-0.15, -0.1) is 0 Å². The predicted molar refractivity (Wildman–Crippen MR) is 76.4 cm³/mol. The van der Waals surface area contributed by atoms with Gasteiger partial charge in [-0.05, 0) is 43.5 Å². The van der Waals surface area contributed by atoms with Gasteiger partial charge in [-0.25, -0.2) is 8.42 Å². The van der Waals surface area contributed by atoms with Crippen LogP contribution in [0.4, 0.5) is 0 Å². The minimum atomic E-state index is -2.97. The molecule has 0 spiro atoms. The fraction of sp³-hybridized carbons (Fsp3) is 0.571. The Morgan fingerprint density at radius 2 is 2.05 bits per heavy atom. The third-order valence-corrected chi connectivity index (χ3v) is 5.21. The van der Waals surface area contributed by atoms with E-state index in [9.17, 15) is 8.42 Å². The van der Waals surface area contributed by atoms with Crippen LogP contribution in [0.3, 0.4) is 0 Å². The maximum Gasteiger partial charge on any atom is 0.152 e. The zero-order valence-corrected chi connectivity index (χ0v) is 12.1. The van der Waals surface area contributed by atoms with Crippen LogP contribution in [0.15, 0.2) is 24.3 Å². The molecule has 1 aromatic rings. The third-order valence-electron chi connectivity index (χ3n) is 3.48. The van der Waals surface area contributed by atoms with Crippen molar-refractivity contribution in [3.05, 3.63) is 29.8 Å². The lowest BCUT2D eigenvalue weighted by Gasteiger charge is -2.11. The molecule has 0 radical (unpaired) electrons. The molecule has 106 valence electrons. The van der Waals surface area contributed by atoms with Gasteiger partial charge in [0.1, 0.15) is 5.75 Å². The molecule has 0 saturated carbocycles. The van der Waals surface area contributed by atoms with Crippen LogP contribution >= 0.6 is 0 Å². The van der Waals surface area contributed by atoms with Gasteiger partial charge in [-0.2, -0.15) is 0 Å². The fourth-order valence-electron chi connectivity index (χ4n) is 2.35. The van der Waals surface area contributed by atoms with Crippen LogP contribution in [0.2, 0.25) is 0 Å². The first kappa shape index (κ1) is 14.3. The summed E-state index contributed by atoms with van der Waals surface area (Å²) in [7, 11) is -1.35. The zero-order valence-electron chi connectivity index (χ0n) is 11.3. The molecule has 1 saturated heterocycles. The maximum atomic E-state index is 12.0. The van der Waals surface area contributed by atoms with Crippen LogP contribution in [-0.4, -0.2) is 39.6 Å². The number of benzene rings is 1. The Morgan fingerprint density at radius 3 is 2.63 bits per heavy atom. The number of nitrogens with one attached hydrogen (secondary N) is 1. The number of hydrogen-bond donors (Lipinski definition) is 1. The van der Waals surface area contributed by atoms with E-state index in [2.05, 4.69) is 5.32 Å². The van der Waals surface area contributed by atoms with Gasteiger partial charge >= 0.3 is 0 Å². The lowest BCUT2D eigenvalue weighted by atomic mass is 10.2. The highest BCUT2D eigenvalue weighted by Gasteiger charge is 2.21. The first-order valence-electron chi connectivity index (χ1n) is 6.66. The summed E-state index contributed by atoms with van der Waals surface area (Å²) < 4.78 is 29.1. The SMILES string of the molecule is COc1ccc(CCS(=O)(=O)CC2CCCN2)cc1. The van der Waals surface area contributed by atoms with Crippen molar-refractivity contribution in [3.63, 3.8) is 0 Å². The second-order valence-corrected chi connectivity index (χ2v) is 7.23. The van der Waals surface area contributed by atoms with Gasteiger partial charge in [-0.1, -0.05) is 12.1 Å². The van der Waals surface area contributed by atoms with Gasteiger partial charge in [0.25, 0.3) is 0 Å². The molecular formula is C14H21NO3S. The zero-order chi connectivity index (χ0) is 13.7. The molecule has 1 aliphatic heterocycles. The molecular weight excluding hydrogens is 262 g/mol. The Balaban J connectivity index is 1.85. The normalized spacial score (nSPS) is 19.5. The molecule has 4 nitrogen and oxygen atoms in total. The summed E-state index contributed by atoms with van der Waals surface area (Å²) in [6.45, 7) is 0.943. The van der Waals surface area contributed by atoms with Gasteiger partial charge in [0.2, 0.25) is 0 Å². The second kappa shape index (κ2) is 6.39. The highest BCUT2D eigenvalue weighted by atomic mass is 32.2. The van der Waals surface area contributed by atoms with Crippen molar-refractivity contribution >= 4 is 9.84 Å². The summed E-state index contributed by atoms with van der Waals surface area (Å²) in [6, 6.07) is 7.71. The summed E-state index contributed by atoms with van der Waals surface area (Å²) in [5.41, 5.74) is 1.03. The van der Waals surface area contributed by atoms with Crippen LogP contribution in [0.5, 0.6) is 5.75 Å². The molecule has 1 atom stereocenters. The number of rotatable bonds is 6. The van der Waals surface area contributed by atoms with E-state index in [4.69, 9.17) is 4.74 Å². The highest BCUT2D eigenvalue weighted by Crippen LogP contribution is 2.13. The standard InChI is InChI=1S/C14H21NO3S/c1-18-14-6-4-12(5-7-14)8-10-19(16,17)11-13-3-2-9-15-13/h4-7,13,15H,2-3,8-11H2,1H3. The number of sulfone groups is 1. The lowest BCUT2D eigenvalue weighted by Crippen LogP contribution is -2.31. The van der Waals surface area contributed by atoms with Crippen LogP contribution in [-0.2, 0) is 16.3 Å². The van der Waals surface area contributed by atoms with Crippen LogP contribution in [0.1, 0.15) is 18.4 Å². The molecule has 0 aliphatic carbocycles. The topological polar surface area (TPSA) is 55.4 Å². The summed E-state index contributed by atoms with van der Waals surface area (Å²) in [4.78, 5) is 0. The molecule has 19 heavy (non-hydrogen) atoms. The van der Waals surface area contributed by atoms with E-state index in [0.717, 1.165) is 30.7 Å². The van der Waals surface area contributed by atoms with Gasteiger partial charge in [0.05, 0.1) is 18.6 Å². The van der Waals surface area contributed by atoms with E-state index in [0.29, 0.717) is 6.42 Å². The van der Waals surface area contributed by atoms with E-state index < -0.39 is 9.84 Å². The average molecular weight is 283 g/mol. The van der Waals surface area contributed by atoms with Crippen molar-refractivity contribution in [3.8, 4) is 5.75 Å². The molecule has 1 aromatic carbocycles. The molecule has 5 heteroatoms. The summed E-state index contributed by atoms with van der Waals surface area (Å²) in [6.07, 6.45) is 2.62. The van der Waals surface area contributed by atoms with Crippen molar-refractivity contribution in [2.75, 3.05) is 25.2 Å². The number of ether oxygens (including phenoxy) is 1. The van der Waals surface area contributed by atoms with Gasteiger partial charge in [-0.3, -0.25) is 0 Å². The first-order chi connectivity index (χ1) is 9.09. The van der Waals surface area contributed by atoms with Crippen molar-refractivity contribution < 1.29 is 13.2 Å². The van der Waals surface area contributed by atoms with Crippen LogP contribution in [0.25, 0.3) is 0 Å². The fourth-order valence-corrected chi connectivity index (χ4v) is 3.97. The average Bonchev–Trinajstić information content (AvgIpc) is 2.89. The molecule has 1 heterocycles. The molecule has 1 fully saturated rings. The third kappa shape index (κ3) is 4.51. The molecule has 1 unspecified atom stereocenters. The Morgan fingerprint density at radius 1 is 1.32 bits per heavy atom. The van der Waals surface area contributed by atoms with Gasteiger partial charge in [0, 0.05) is 6.04 Å². The molecule has 1 N–H and O–H groups in total. The van der Waals surface area contributed by atoms with E-state index in [1.165, 1.54) is 0 Å². The van der Waals surface area contributed by atoms with Crippen molar-refractivity contribution in [1.29, 1.82) is 0 Å². The second-order valence-electron chi connectivity index (χ2n) is 5.01. The Hall–Kier alpha value is -1.07. The van der Waals surface area contributed by atoms with Crippen molar-refractivity contribution in [2.24, 2.45) is 0 Å². The van der Waals surface area contributed by atoms with Crippen molar-refractivity contribution in [1.82, 2.24) is 5.32 Å². The van der Waals surface area contributed by atoms with Crippen LogP contribution in [0, 0.1) is 0 Å². The van der Waals surface area contributed by atoms with Gasteiger partial charge < -0.3 is 10.1 Å². The number of methoxy groups -OCH3 is 1. The minimum Gasteiger partial charge on any atom is -0.497 e. The molecule has 2 rings (SSSR count). The van der Waals surface area contributed by atoms with Gasteiger partial charge in [0.15, 0.2) is 9.84 Å². The molecule has 1 aliphatic rings. The summed E-state index contributed by atoms with van der Waals surface area (Å²) in [5.74, 6) is 1.28. The number of hydrogen-bond acceptors (Lipinski definition) is 4. The summed E-state index contributed by atoms with van der Waals surface area (Å²) in [5, 5.41) is 3.23. The predicted octanol–water partition coefficient (Wildman–Crippen LogP) is 1.40. The maximum absolute atomic E-state index is 12.0. The van der Waals surface area contributed by atoms with E-state index >= 15 is 0 Å². The smallest absolute Gasteiger partial charge is 0.152 e. The minimum absolute atomic E-state index is 0.154. The summed E-state index contributed by atoms with van der Waals surface area (Å²) >= 11 is 0. The quantitative estimate of drug-likeness (QED) is 0.857. The Labute approximate surface area is 115 Å². The molecule has 0 bridgehead atoms. The number of aryl methyl sites for hydroxylation is 1. The van der Waals surface area contributed by atoms with E-state index in [1.807, 2.05) is 24.3 Å². The Kier molecular flexibility index (Phi) is 4.82. The van der Waals surface area contributed by atoms with E-state index in [-0.39, 0.29) is 17.5 Å². The van der Waals surface area contributed by atoms with Crippen LogP contribution < -0.4 is 10.1 Å². The van der Waals surface area contributed by atoms with Crippen molar-refractivity contribution in [2.45, 2.75) is 25.3 Å². The highest BCUT2D eigenvalue weighted by molar-refractivity contribution is 7.91. The molecule has 0 aromatic heterocycles. The monoisotopic (exact) mass is 283 g/mol. The lowest BCUT2D eigenvalue weighted by molar-refractivity contribution is 0.414. The van der Waals surface area contributed by atoms with E-state index in [1.54, 1.807) is 7.11 Å². The first-order valence-corrected chi connectivity index (χ1v) is 8.48.